The summed E-state index contributed by atoms with van der Waals surface area (Å²) in [5, 5.41) is 21.3. The molecule has 4 nitrogen and oxygen atoms in total. The summed E-state index contributed by atoms with van der Waals surface area (Å²) in [4.78, 5) is 26.9. The molecule has 1 spiro atoms. The third-order valence-corrected chi connectivity index (χ3v) is 14.5. The smallest absolute Gasteiger partial charge is 0.310 e. The van der Waals surface area contributed by atoms with Crippen LogP contribution in [0.4, 0.5) is 0 Å². The van der Waals surface area contributed by atoms with Gasteiger partial charge in [0.1, 0.15) is 5.78 Å². The number of rotatable bonds is 8. The van der Waals surface area contributed by atoms with E-state index in [9.17, 15) is 19.8 Å². The second-order valence-corrected chi connectivity index (χ2v) is 17.2. The first-order chi connectivity index (χ1) is 20.4. The van der Waals surface area contributed by atoms with E-state index in [-0.39, 0.29) is 39.5 Å². The van der Waals surface area contributed by atoms with Crippen LogP contribution in [0.5, 0.6) is 0 Å². The molecule has 2 saturated carbocycles. The fourth-order valence-electron chi connectivity index (χ4n) is 11.4. The first-order valence-corrected chi connectivity index (χ1v) is 17.6. The van der Waals surface area contributed by atoms with Crippen LogP contribution in [0, 0.1) is 44.8 Å². The number of hydrogen-bond acceptors (Lipinski definition) is 3. The number of aliphatic carboxylic acids is 1. The number of ketones is 1. The molecule has 0 amide bonds. The second kappa shape index (κ2) is 11.4. The number of allylic oxidation sites excluding steroid dienone is 7. The fourth-order valence-corrected chi connectivity index (χ4v) is 11.4. The van der Waals surface area contributed by atoms with Gasteiger partial charge in [0.05, 0.1) is 11.5 Å². The van der Waals surface area contributed by atoms with Gasteiger partial charge in [-0.15, -0.1) is 0 Å². The summed E-state index contributed by atoms with van der Waals surface area (Å²) in [6.45, 7) is 22.5. The highest BCUT2D eigenvalue weighted by atomic mass is 16.4. The molecule has 44 heavy (non-hydrogen) atoms. The van der Waals surface area contributed by atoms with E-state index in [1.54, 1.807) is 18.1 Å². The van der Waals surface area contributed by atoms with Gasteiger partial charge in [-0.05, 0) is 126 Å². The van der Waals surface area contributed by atoms with Gasteiger partial charge in [-0.1, -0.05) is 81.2 Å². The van der Waals surface area contributed by atoms with E-state index >= 15 is 0 Å². The highest BCUT2D eigenvalue weighted by Crippen LogP contribution is 2.74. The highest BCUT2D eigenvalue weighted by molar-refractivity contribution is 5.89. The van der Waals surface area contributed by atoms with Crippen LogP contribution >= 0.6 is 0 Å². The molecule has 0 saturated heterocycles. The predicted molar refractivity (Wildman–Crippen MR) is 179 cm³/mol. The topological polar surface area (TPSA) is 74.6 Å². The molecule has 2 N–H and O–H groups in total. The Morgan fingerprint density at radius 1 is 1.02 bits per heavy atom. The molecule has 244 valence electrons. The number of carboxylic acids is 1. The quantitative estimate of drug-likeness (QED) is 0.270. The number of hydrogen-bond donors (Lipinski definition) is 2. The molecule has 5 aliphatic rings. The minimum Gasteiger partial charge on any atom is -0.481 e. The molecule has 0 unspecified atom stereocenters. The lowest BCUT2D eigenvalue weighted by Gasteiger charge is -2.58. The molecule has 5 aliphatic carbocycles. The van der Waals surface area contributed by atoms with Gasteiger partial charge in [0, 0.05) is 17.8 Å². The van der Waals surface area contributed by atoms with Crippen LogP contribution in [0.25, 0.3) is 0 Å². The predicted octanol–water partition coefficient (Wildman–Crippen LogP) is 9.79. The van der Waals surface area contributed by atoms with E-state index in [1.807, 2.05) is 0 Å². The molecule has 0 aromatic carbocycles. The third kappa shape index (κ3) is 4.87. The van der Waals surface area contributed by atoms with Crippen LogP contribution in [-0.4, -0.2) is 28.1 Å². The summed E-state index contributed by atoms with van der Waals surface area (Å²) in [5.74, 6) is -0.589. The Morgan fingerprint density at radius 3 is 2.39 bits per heavy atom. The summed E-state index contributed by atoms with van der Waals surface area (Å²) >= 11 is 0. The fraction of sp³-hybridized carbons (Fsp3) is 0.750. The maximum absolute atomic E-state index is 14.3. The summed E-state index contributed by atoms with van der Waals surface area (Å²) in [6, 6.07) is 0. The Balaban J connectivity index is 1.43. The number of fused-ring (bicyclic) bond motifs is 3. The Labute approximate surface area is 267 Å². The number of aliphatic hydroxyl groups excluding tert-OH is 1. The van der Waals surface area contributed by atoms with Crippen molar-refractivity contribution in [3.63, 3.8) is 0 Å². The molecular formula is C40H60O4. The highest BCUT2D eigenvalue weighted by Gasteiger charge is 2.65. The van der Waals surface area contributed by atoms with E-state index in [2.05, 4.69) is 60.6 Å². The van der Waals surface area contributed by atoms with Crippen LogP contribution in [-0.2, 0) is 9.59 Å². The van der Waals surface area contributed by atoms with Crippen LogP contribution in [0.2, 0.25) is 0 Å². The molecule has 4 heteroatoms. The summed E-state index contributed by atoms with van der Waals surface area (Å²) in [7, 11) is 0. The van der Waals surface area contributed by atoms with Gasteiger partial charge >= 0.3 is 5.97 Å². The summed E-state index contributed by atoms with van der Waals surface area (Å²) < 4.78 is 0. The van der Waals surface area contributed by atoms with Crippen LogP contribution in [0.1, 0.15) is 139 Å². The second-order valence-electron chi connectivity index (χ2n) is 17.2. The number of carbonyl (C=O) groups is 2. The number of Topliss-reactive ketones (excluding diaryl/α,β-unsaturated/α-hetero) is 1. The van der Waals surface area contributed by atoms with Gasteiger partial charge in [-0.2, -0.15) is 0 Å². The molecule has 0 aromatic heterocycles. The van der Waals surface area contributed by atoms with Crippen molar-refractivity contribution in [1.82, 2.24) is 0 Å². The Kier molecular flexibility index (Phi) is 8.65. The van der Waals surface area contributed by atoms with Gasteiger partial charge < -0.3 is 10.2 Å². The largest absolute Gasteiger partial charge is 0.481 e. The lowest BCUT2D eigenvalue weighted by atomic mass is 9.47. The number of carboxylic acid groups (broad SMARTS) is 1. The van der Waals surface area contributed by atoms with E-state index in [1.165, 1.54) is 16.7 Å². The Bertz CT molecular complexity index is 1310. The average Bonchev–Trinajstić information content (AvgIpc) is 3.48. The van der Waals surface area contributed by atoms with Crippen molar-refractivity contribution in [2.75, 3.05) is 0 Å². The normalized spacial score (nSPS) is 40.3. The van der Waals surface area contributed by atoms with Crippen LogP contribution < -0.4 is 0 Å². The molecular weight excluding hydrogens is 544 g/mol. The lowest BCUT2D eigenvalue weighted by molar-refractivity contribution is -0.155. The lowest BCUT2D eigenvalue weighted by Crippen LogP contribution is -2.52. The minimum absolute atomic E-state index is 0.0751. The minimum atomic E-state index is -1.05. The zero-order chi connectivity index (χ0) is 32.5. The van der Waals surface area contributed by atoms with Crippen molar-refractivity contribution >= 4 is 11.8 Å². The monoisotopic (exact) mass is 604 g/mol. The van der Waals surface area contributed by atoms with Crippen molar-refractivity contribution in [2.24, 2.45) is 44.8 Å². The van der Waals surface area contributed by atoms with E-state index < -0.39 is 17.3 Å². The maximum atomic E-state index is 14.3. The van der Waals surface area contributed by atoms with E-state index in [0.29, 0.717) is 25.2 Å². The summed E-state index contributed by atoms with van der Waals surface area (Å²) in [6.07, 6.45) is 15.7. The molecule has 0 aliphatic heterocycles. The van der Waals surface area contributed by atoms with Crippen LogP contribution in [0.15, 0.2) is 46.6 Å². The van der Waals surface area contributed by atoms with Crippen molar-refractivity contribution < 1.29 is 19.8 Å². The molecule has 8 atom stereocenters. The van der Waals surface area contributed by atoms with E-state index in [4.69, 9.17) is 6.58 Å². The first kappa shape index (κ1) is 33.4. The average molecular weight is 605 g/mol. The zero-order valence-electron chi connectivity index (χ0n) is 29.1. The van der Waals surface area contributed by atoms with Gasteiger partial charge in [-0.3, -0.25) is 9.59 Å². The van der Waals surface area contributed by atoms with Crippen molar-refractivity contribution in [2.45, 2.75) is 145 Å². The van der Waals surface area contributed by atoms with Crippen molar-refractivity contribution in [3.8, 4) is 0 Å². The molecule has 0 bridgehead atoms. The molecule has 0 radical (unpaired) electrons. The molecule has 2 fully saturated rings. The standard InChI is InChI=1S/C40H60O4/c1-25(2)11-10-12-28-16-19-38(8,35(43)44)31(24-28)32(41)23-27(4)39(9)21-15-26(3)40(39)22-17-29-30(40)13-14-33-36(5,6)34(42)18-20-37(29,33)7/h11,16,27,31,33-34,42H,3,10,12-15,17-24H2,1-2,4-9H3,(H,43,44)/t27-,31-,33+,34+,37-,38+,39+,40+/m1/s1. The Hall–Kier alpha value is -1.94. The third-order valence-electron chi connectivity index (χ3n) is 14.5. The van der Waals surface area contributed by atoms with Crippen molar-refractivity contribution in [1.29, 1.82) is 0 Å². The van der Waals surface area contributed by atoms with Crippen molar-refractivity contribution in [3.05, 3.63) is 46.6 Å². The summed E-state index contributed by atoms with van der Waals surface area (Å²) in [5.41, 5.74) is 5.98. The van der Waals surface area contributed by atoms with E-state index in [0.717, 1.165) is 64.2 Å². The molecule has 0 aromatic rings. The zero-order valence-corrected chi connectivity index (χ0v) is 29.1. The SMILES string of the molecule is C=C1CC[C@@](C)([C@H](C)CC(=O)[C@H]2CC(CCC=C(C)C)=CC[C@]2(C)C(=O)O)[C@@]12CCC1=C2CC[C@H]2C(C)(C)[C@@H](O)CC[C@]12C. The van der Waals surface area contributed by atoms with Gasteiger partial charge in [-0.25, -0.2) is 0 Å². The van der Waals surface area contributed by atoms with Gasteiger partial charge in [0.15, 0.2) is 0 Å². The van der Waals surface area contributed by atoms with Crippen LogP contribution in [0.3, 0.4) is 0 Å². The van der Waals surface area contributed by atoms with Gasteiger partial charge in [0.2, 0.25) is 0 Å². The molecule has 5 rings (SSSR count). The Morgan fingerprint density at radius 2 is 1.73 bits per heavy atom. The maximum Gasteiger partial charge on any atom is 0.310 e. The first-order valence-electron chi connectivity index (χ1n) is 17.6. The van der Waals surface area contributed by atoms with Gasteiger partial charge in [0.25, 0.3) is 0 Å². The molecule has 0 heterocycles. The number of aliphatic hydroxyl groups is 1. The number of carbonyl (C=O) groups excluding carboxylic acids is 1.